The first-order valence-corrected chi connectivity index (χ1v) is 7.38. The van der Waals surface area contributed by atoms with Crippen LogP contribution in [0.4, 0.5) is 0 Å². The second kappa shape index (κ2) is 5.81. The first-order chi connectivity index (χ1) is 10.6. The highest BCUT2D eigenvalue weighted by atomic mass is 35.5. The Morgan fingerprint density at radius 3 is 2.55 bits per heavy atom. The number of para-hydroxylation sites is 1. The van der Waals surface area contributed by atoms with Crippen LogP contribution in [0.3, 0.4) is 0 Å². The maximum Gasteiger partial charge on any atom is 0.214 e. The second-order valence-electron chi connectivity index (χ2n) is 5.33. The van der Waals surface area contributed by atoms with E-state index < -0.39 is 0 Å². The molecule has 2 aromatic carbocycles. The Kier molecular flexibility index (Phi) is 3.86. The zero-order valence-corrected chi connectivity index (χ0v) is 12.8. The average Bonchev–Trinajstić information content (AvgIpc) is 2.81. The standard InChI is InChI=1S/C17H15ClN2O2/c1-11-17(14-4-2-3-5-16(14)19-11)15(10-20(21)22)12-6-8-13(18)9-7-12/h2-9,15,19H,10H2,1H3/t15-/m0/s1. The monoisotopic (exact) mass is 314 g/mol. The number of H-pyrrole nitrogens is 1. The Balaban J connectivity index is 2.17. The van der Waals surface area contributed by atoms with E-state index in [0.717, 1.165) is 27.7 Å². The maximum absolute atomic E-state index is 11.2. The van der Waals surface area contributed by atoms with Gasteiger partial charge in [0.2, 0.25) is 6.54 Å². The minimum Gasteiger partial charge on any atom is -0.358 e. The van der Waals surface area contributed by atoms with Crippen molar-refractivity contribution in [3.63, 3.8) is 0 Å². The number of nitro groups is 1. The molecule has 1 aromatic heterocycles. The van der Waals surface area contributed by atoms with Crippen LogP contribution in [0.15, 0.2) is 48.5 Å². The largest absolute Gasteiger partial charge is 0.358 e. The summed E-state index contributed by atoms with van der Waals surface area (Å²) >= 11 is 5.93. The molecule has 1 N–H and O–H groups in total. The van der Waals surface area contributed by atoms with Crippen LogP contribution in [-0.4, -0.2) is 16.5 Å². The van der Waals surface area contributed by atoms with Gasteiger partial charge in [-0.25, -0.2) is 0 Å². The van der Waals surface area contributed by atoms with Gasteiger partial charge in [-0.05, 0) is 36.2 Å². The molecule has 0 spiro atoms. The summed E-state index contributed by atoms with van der Waals surface area (Å²) < 4.78 is 0. The second-order valence-corrected chi connectivity index (χ2v) is 5.77. The van der Waals surface area contributed by atoms with E-state index in [1.807, 2.05) is 43.3 Å². The molecule has 3 rings (SSSR count). The molecule has 0 bridgehead atoms. The third kappa shape index (κ3) is 2.70. The molecule has 1 heterocycles. The fraction of sp³-hybridized carbons (Fsp3) is 0.176. The molecular weight excluding hydrogens is 300 g/mol. The molecule has 0 radical (unpaired) electrons. The number of hydrogen-bond acceptors (Lipinski definition) is 2. The Morgan fingerprint density at radius 2 is 1.86 bits per heavy atom. The van der Waals surface area contributed by atoms with Crippen molar-refractivity contribution >= 4 is 22.5 Å². The SMILES string of the molecule is Cc1[nH]c2ccccc2c1[C@@H](C[N+](=O)[O-])c1ccc(Cl)cc1. The summed E-state index contributed by atoms with van der Waals surface area (Å²) in [6.45, 7) is 1.81. The molecule has 0 saturated heterocycles. The third-order valence-corrected chi connectivity index (χ3v) is 4.15. The van der Waals surface area contributed by atoms with Gasteiger partial charge in [-0.1, -0.05) is 41.9 Å². The summed E-state index contributed by atoms with van der Waals surface area (Å²) in [4.78, 5) is 14.2. The van der Waals surface area contributed by atoms with Crippen LogP contribution in [0, 0.1) is 17.0 Å². The average molecular weight is 315 g/mol. The minimum absolute atomic E-state index is 0.148. The van der Waals surface area contributed by atoms with Crippen LogP contribution in [0.1, 0.15) is 22.7 Å². The predicted octanol–water partition coefficient (Wildman–Crippen LogP) is 4.54. The van der Waals surface area contributed by atoms with E-state index in [0.29, 0.717) is 5.02 Å². The van der Waals surface area contributed by atoms with Gasteiger partial charge in [0, 0.05) is 26.5 Å². The van der Waals surface area contributed by atoms with Gasteiger partial charge in [0.25, 0.3) is 0 Å². The summed E-state index contributed by atoms with van der Waals surface area (Å²) in [5.74, 6) is -0.302. The number of hydrogen-bond donors (Lipinski definition) is 1. The molecule has 0 amide bonds. The predicted molar refractivity (Wildman–Crippen MR) is 88.2 cm³/mol. The smallest absolute Gasteiger partial charge is 0.214 e. The molecule has 0 aliphatic carbocycles. The number of fused-ring (bicyclic) bond motifs is 1. The van der Waals surface area contributed by atoms with Crippen molar-refractivity contribution in [1.82, 2.24) is 4.98 Å². The molecule has 22 heavy (non-hydrogen) atoms. The Labute approximate surface area is 132 Å². The molecule has 0 fully saturated rings. The van der Waals surface area contributed by atoms with Crippen LogP contribution < -0.4 is 0 Å². The number of nitrogens with zero attached hydrogens (tertiary/aromatic N) is 1. The quantitative estimate of drug-likeness (QED) is 0.568. The number of rotatable bonds is 4. The highest BCUT2D eigenvalue weighted by Gasteiger charge is 2.25. The molecular formula is C17H15ClN2O2. The summed E-state index contributed by atoms with van der Waals surface area (Å²) in [7, 11) is 0. The van der Waals surface area contributed by atoms with Crippen molar-refractivity contribution in [3.05, 3.63) is 80.5 Å². The van der Waals surface area contributed by atoms with Crippen molar-refractivity contribution < 1.29 is 4.92 Å². The molecule has 112 valence electrons. The van der Waals surface area contributed by atoms with Gasteiger partial charge in [0.05, 0.1) is 5.92 Å². The minimum atomic E-state index is -0.302. The number of nitrogens with one attached hydrogen (secondary N) is 1. The van der Waals surface area contributed by atoms with E-state index in [-0.39, 0.29) is 17.4 Å². The summed E-state index contributed by atoms with van der Waals surface area (Å²) in [6.07, 6.45) is 0. The molecule has 3 aromatic rings. The normalized spacial score (nSPS) is 12.5. The van der Waals surface area contributed by atoms with E-state index >= 15 is 0 Å². The van der Waals surface area contributed by atoms with Crippen molar-refractivity contribution in [2.24, 2.45) is 0 Å². The van der Waals surface area contributed by atoms with Gasteiger partial charge >= 0.3 is 0 Å². The van der Waals surface area contributed by atoms with Gasteiger partial charge < -0.3 is 4.98 Å². The molecule has 1 atom stereocenters. The first-order valence-electron chi connectivity index (χ1n) is 7.00. The fourth-order valence-electron chi connectivity index (χ4n) is 2.95. The van der Waals surface area contributed by atoms with Crippen molar-refractivity contribution in [1.29, 1.82) is 0 Å². The lowest BCUT2D eigenvalue weighted by atomic mass is 9.89. The molecule has 0 aliphatic rings. The van der Waals surface area contributed by atoms with E-state index in [4.69, 9.17) is 11.6 Å². The van der Waals surface area contributed by atoms with Gasteiger partial charge in [0.1, 0.15) is 0 Å². The number of aromatic amines is 1. The summed E-state index contributed by atoms with van der Waals surface area (Å²) in [5, 5.41) is 12.8. The van der Waals surface area contributed by atoms with E-state index in [1.54, 1.807) is 12.1 Å². The maximum atomic E-state index is 11.2. The number of aryl methyl sites for hydroxylation is 1. The van der Waals surface area contributed by atoms with Crippen molar-refractivity contribution in [2.45, 2.75) is 12.8 Å². The zero-order chi connectivity index (χ0) is 15.7. The lowest BCUT2D eigenvalue weighted by Crippen LogP contribution is -2.14. The molecule has 0 aliphatic heterocycles. The zero-order valence-electron chi connectivity index (χ0n) is 12.0. The topological polar surface area (TPSA) is 58.9 Å². The van der Waals surface area contributed by atoms with Gasteiger partial charge in [-0.3, -0.25) is 10.1 Å². The van der Waals surface area contributed by atoms with E-state index in [2.05, 4.69) is 4.98 Å². The summed E-state index contributed by atoms with van der Waals surface area (Å²) in [5.41, 5.74) is 3.84. The lowest BCUT2D eigenvalue weighted by molar-refractivity contribution is -0.481. The van der Waals surface area contributed by atoms with Crippen LogP contribution in [0.2, 0.25) is 5.02 Å². The number of benzene rings is 2. The van der Waals surface area contributed by atoms with E-state index in [1.165, 1.54) is 0 Å². The van der Waals surface area contributed by atoms with Gasteiger partial charge in [0.15, 0.2) is 0 Å². The van der Waals surface area contributed by atoms with Crippen LogP contribution in [0.25, 0.3) is 10.9 Å². The van der Waals surface area contributed by atoms with Crippen molar-refractivity contribution in [2.75, 3.05) is 6.54 Å². The Morgan fingerprint density at radius 1 is 1.18 bits per heavy atom. The third-order valence-electron chi connectivity index (χ3n) is 3.90. The van der Waals surface area contributed by atoms with Crippen LogP contribution >= 0.6 is 11.6 Å². The highest BCUT2D eigenvalue weighted by molar-refractivity contribution is 6.30. The molecule has 0 saturated carbocycles. The van der Waals surface area contributed by atoms with Crippen molar-refractivity contribution in [3.8, 4) is 0 Å². The molecule has 0 unspecified atom stereocenters. The number of aromatic nitrogens is 1. The Hall–Kier alpha value is -2.33. The van der Waals surface area contributed by atoms with Gasteiger partial charge in [-0.2, -0.15) is 0 Å². The Bertz CT molecular complexity index is 824. The highest BCUT2D eigenvalue weighted by Crippen LogP contribution is 2.34. The summed E-state index contributed by atoms with van der Waals surface area (Å²) in [6, 6.07) is 15.1. The molecule has 4 nitrogen and oxygen atoms in total. The lowest BCUT2D eigenvalue weighted by Gasteiger charge is -2.14. The first kappa shape index (κ1) is 14.6. The van der Waals surface area contributed by atoms with Gasteiger partial charge in [-0.15, -0.1) is 0 Å². The van der Waals surface area contributed by atoms with Crippen LogP contribution in [-0.2, 0) is 0 Å². The fourth-order valence-corrected chi connectivity index (χ4v) is 3.08. The van der Waals surface area contributed by atoms with E-state index in [9.17, 15) is 10.1 Å². The van der Waals surface area contributed by atoms with Crippen LogP contribution in [0.5, 0.6) is 0 Å². The molecule has 5 heteroatoms. The number of halogens is 1.